The standard InChI is InChI=1S/C12H25NO2/c1-12(2,3)15-8-7-13(4)9-11(14)10-5-6-10/h10-11,14H,5-9H2,1-4H3. The van der Waals surface area contributed by atoms with Crippen LogP contribution < -0.4 is 0 Å². The third-order valence-corrected chi connectivity index (χ3v) is 2.67. The van der Waals surface area contributed by atoms with E-state index in [1.54, 1.807) is 0 Å². The van der Waals surface area contributed by atoms with Crippen molar-refractivity contribution in [2.75, 3.05) is 26.7 Å². The lowest BCUT2D eigenvalue weighted by Crippen LogP contribution is -2.34. The van der Waals surface area contributed by atoms with Crippen molar-refractivity contribution in [1.82, 2.24) is 4.90 Å². The number of hydrogen-bond acceptors (Lipinski definition) is 3. The van der Waals surface area contributed by atoms with Crippen LogP contribution in [0.5, 0.6) is 0 Å². The number of rotatable bonds is 6. The third-order valence-electron chi connectivity index (χ3n) is 2.67. The summed E-state index contributed by atoms with van der Waals surface area (Å²) in [4.78, 5) is 2.15. The zero-order valence-electron chi connectivity index (χ0n) is 10.5. The summed E-state index contributed by atoms with van der Waals surface area (Å²) in [6.45, 7) is 8.58. The van der Waals surface area contributed by atoms with Crippen LogP contribution in [0.4, 0.5) is 0 Å². The first-order valence-electron chi connectivity index (χ1n) is 5.89. The Morgan fingerprint density at radius 2 is 2.00 bits per heavy atom. The molecule has 0 radical (unpaired) electrons. The van der Waals surface area contributed by atoms with Crippen molar-refractivity contribution in [2.24, 2.45) is 5.92 Å². The minimum Gasteiger partial charge on any atom is -0.392 e. The van der Waals surface area contributed by atoms with Gasteiger partial charge >= 0.3 is 0 Å². The Balaban J connectivity index is 2.05. The maximum absolute atomic E-state index is 9.74. The molecular weight excluding hydrogens is 190 g/mol. The maximum atomic E-state index is 9.74. The van der Waals surface area contributed by atoms with Gasteiger partial charge in [0, 0.05) is 13.1 Å². The Morgan fingerprint density at radius 3 is 2.47 bits per heavy atom. The van der Waals surface area contributed by atoms with E-state index in [4.69, 9.17) is 4.74 Å². The van der Waals surface area contributed by atoms with Crippen molar-refractivity contribution in [3.8, 4) is 0 Å². The quantitative estimate of drug-likeness (QED) is 0.729. The van der Waals surface area contributed by atoms with Gasteiger partial charge in [-0.25, -0.2) is 0 Å². The van der Waals surface area contributed by atoms with Gasteiger partial charge in [0.25, 0.3) is 0 Å². The molecule has 15 heavy (non-hydrogen) atoms. The Labute approximate surface area is 93.4 Å². The zero-order valence-corrected chi connectivity index (χ0v) is 10.5. The first-order valence-corrected chi connectivity index (χ1v) is 5.89. The minimum atomic E-state index is -0.135. The highest BCUT2D eigenvalue weighted by Crippen LogP contribution is 2.32. The van der Waals surface area contributed by atoms with E-state index in [2.05, 4.69) is 25.7 Å². The lowest BCUT2D eigenvalue weighted by atomic mass is 10.2. The molecule has 1 N–H and O–H groups in total. The van der Waals surface area contributed by atoms with Gasteiger partial charge in [0.2, 0.25) is 0 Å². The third kappa shape index (κ3) is 6.13. The van der Waals surface area contributed by atoms with Crippen molar-refractivity contribution in [3.63, 3.8) is 0 Å². The van der Waals surface area contributed by atoms with Crippen molar-refractivity contribution >= 4 is 0 Å². The van der Waals surface area contributed by atoms with Gasteiger partial charge in [-0.1, -0.05) is 0 Å². The molecule has 3 nitrogen and oxygen atoms in total. The fourth-order valence-electron chi connectivity index (χ4n) is 1.55. The molecule has 0 spiro atoms. The van der Waals surface area contributed by atoms with Crippen molar-refractivity contribution in [2.45, 2.75) is 45.3 Å². The molecule has 0 aliphatic heterocycles. The van der Waals surface area contributed by atoms with Gasteiger partial charge < -0.3 is 14.7 Å². The van der Waals surface area contributed by atoms with Crippen LogP contribution in [0, 0.1) is 5.92 Å². The summed E-state index contributed by atoms with van der Waals surface area (Å²) in [5, 5.41) is 9.74. The molecule has 0 aromatic rings. The first kappa shape index (κ1) is 12.9. The summed E-state index contributed by atoms with van der Waals surface area (Å²) < 4.78 is 5.63. The normalized spacial score (nSPS) is 19.6. The van der Waals surface area contributed by atoms with E-state index >= 15 is 0 Å². The van der Waals surface area contributed by atoms with Gasteiger partial charge in [-0.2, -0.15) is 0 Å². The van der Waals surface area contributed by atoms with E-state index in [-0.39, 0.29) is 11.7 Å². The number of hydrogen-bond donors (Lipinski definition) is 1. The maximum Gasteiger partial charge on any atom is 0.0695 e. The Kier molecular flexibility index (Phi) is 4.56. The van der Waals surface area contributed by atoms with E-state index in [1.807, 2.05) is 7.05 Å². The predicted octanol–water partition coefficient (Wildman–Crippen LogP) is 1.50. The minimum absolute atomic E-state index is 0.0596. The second kappa shape index (κ2) is 5.28. The summed E-state index contributed by atoms with van der Waals surface area (Å²) in [6.07, 6.45) is 2.27. The fourth-order valence-corrected chi connectivity index (χ4v) is 1.55. The van der Waals surface area contributed by atoms with Crippen LogP contribution in [0.1, 0.15) is 33.6 Å². The number of likely N-dealkylation sites (N-methyl/N-ethyl adjacent to an activating group) is 1. The van der Waals surface area contributed by atoms with E-state index in [1.165, 1.54) is 12.8 Å². The monoisotopic (exact) mass is 215 g/mol. The fraction of sp³-hybridized carbons (Fsp3) is 1.00. The molecule has 90 valence electrons. The smallest absolute Gasteiger partial charge is 0.0695 e. The number of ether oxygens (including phenoxy) is 1. The Hall–Kier alpha value is -0.120. The number of nitrogens with zero attached hydrogens (tertiary/aromatic N) is 1. The molecule has 1 fully saturated rings. The first-order chi connectivity index (χ1) is 6.88. The molecule has 1 saturated carbocycles. The molecule has 0 aromatic heterocycles. The molecule has 0 saturated heterocycles. The van der Waals surface area contributed by atoms with Crippen LogP contribution in [-0.2, 0) is 4.74 Å². The molecule has 0 bridgehead atoms. The summed E-state index contributed by atoms with van der Waals surface area (Å²) >= 11 is 0. The van der Waals surface area contributed by atoms with Gasteiger partial charge in [-0.3, -0.25) is 0 Å². The zero-order chi connectivity index (χ0) is 11.5. The van der Waals surface area contributed by atoms with Crippen LogP contribution in [0.3, 0.4) is 0 Å². The molecule has 0 amide bonds. The van der Waals surface area contributed by atoms with E-state index in [0.29, 0.717) is 5.92 Å². The van der Waals surface area contributed by atoms with Crippen LogP contribution in [0.2, 0.25) is 0 Å². The number of aliphatic hydroxyl groups is 1. The van der Waals surface area contributed by atoms with Gasteiger partial charge in [-0.05, 0) is 46.6 Å². The SMILES string of the molecule is CN(CCOC(C)(C)C)CC(O)C1CC1. The summed E-state index contributed by atoms with van der Waals surface area (Å²) in [6, 6.07) is 0. The molecule has 1 rings (SSSR count). The highest BCUT2D eigenvalue weighted by atomic mass is 16.5. The Morgan fingerprint density at radius 1 is 1.40 bits per heavy atom. The molecule has 0 heterocycles. The molecule has 1 unspecified atom stereocenters. The van der Waals surface area contributed by atoms with Gasteiger partial charge in [-0.15, -0.1) is 0 Å². The second-order valence-electron chi connectivity index (χ2n) is 5.63. The van der Waals surface area contributed by atoms with Crippen LogP contribution in [0.25, 0.3) is 0 Å². The molecule has 1 aliphatic carbocycles. The highest BCUT2D eigenvalue weighted by molar-refractivity contribution is 4.82. The van der Waals surface area contributed by atoms with Crippen LogP contribution in [0.15, 0.2) is 0 Å². The van der Waals surface area contributed by atoms with E-state index in [0.717, 1.165) is 19.7 Å². The van der Waals surface area contributed by atoms with Crippen molar-refractivity contribution < 1.29 is 9.84 Å². The van der Waals surface area contributed by atoms with Crippen LogP contribution >= 0.6 is 0 Å². The second-order valence-corrected chi connectivity index (χ2v) is 5.63. The largest absolute Gasteiger partial charge is 0.392 e. The Bertz CT molecular complexity index is 185. The van der Waals surface area contributed by atoms with Gasteiger partial charge in [0.05, 0.1) is 18.3 Å². The lowest BCUT2D eigenvalue weighted by molar-refractivity contribution is -0.0147. The predicted molar refractivity (Wildman–Crippen MR) is 61.9 cm³/mol. The molecule has 0 aromatic carbocycles. The molecular formula is C12H25NO2. The average Bonchev–Trinajstić information content (AvgIpc) is 2.82. The lowest BCUT2D eigenvalue weighted by Gasteiger charge is -2.24. The summed E-state index contributed by atoms with van der Waals surface area (Å²) in [5.74, 6) is 0.566. The molecule has 3 heteroatoms. The topological polar surface area (TPSA) is 32.7 Å². The van der Waals surface area contributed by atoms with Crippen molar-refractivity contribution in [1.29, 1.82) is 0 Å². The molecule has 1 atom stereocenters. The summed E-state index contributed by atoms with van der Waals surface area (Å²) in [5.41, 5.74) is -0.0596. The highest BCUT2D eigenvalue weighted by Gasteiger charge is 2.30. The average molecular weight is 215 g/mol. The van der Waals surface area contributed by atoms with E-state index in [9.17, 15) is 5.11 Å². The van der Waals surface area contributed by atoms with Crippen LogP contribution in [-0.4, -0.2) is 48.5 Å². The summed E-state index contributed by atoms with van der Waals surface area (Å²) in [7, 11) is 2.04. The van der Waals surface area contributed by atoms with E-state index < -0.39 is 0 Å². The van der Waals surface area contributed by atoms with Gasteiger partial charge in [0.15, 0.2) is 0 Å². The molecule has 1 aliphatic rings. The van der Waals surface area contributed by atoms with Gasteiger partial charge in [0.1, 0.15) is 0 Å². The van der Waals surface area contributed by atoms with Crippen molar-refractivity contribution in [3.05, 3.63) is 0 Å². The number of aliphatic hydroxyl groups excluding tert-OH is 1.